The number of nitrogens with zero attached hydrogens (tertiary/aromatic N) is 3. The standard InChI is InChI=1S/C6H5N3O6/c10-7(11)4-2-1-3-5(8(12)13)6(4)9(14)15/h2H,1,3H2. The zero-order chi connectivity index (χ0) is 11.6. The van der Waals surface area contributed by atoms with Crippen molar-refractivity contribution >= 4 is 0 Å². The van der Waals surface area contributed by atoms with E-state index in [9.17, 15) is 30.3 Å². The quantitative estimate of drug-likeness (QED) is 0.503. The van der Waals surface area contributed by atoms with E-state index in [1.165, 1.54) is 0 Å². The van der Waals surface area contributed by atoms with E-state index < -0.39 is 31.9 Å². The van der Waals surface area contributed by atoms with E-state index in [-0.39, 0.29) is 12.8 Å². The van der Waals surface area contributed by atoms with Crippen LogP contribution in [0, 0.1) is 30.3 Å². The van der Waals surface area contributed by atoms with Crippen molar-refractivity contribution < 1.29 is 14.8 Å². The highest BCUT2D eigenvalue weighted by molar-refractivity contribution is 5.25. The third kappa shape index (κ3) is 1.95. The molecule has 9 heteroatoms. The third-order valence-electron chi connectivity index (χ3n) is 1.83. The molecule has 0 fully saturated rings. The molecule has 0 spiro atoms. The SMILES string of the molecule is O=[N+]([O-])C1=CCCC([N+](=O)[O-])=C1[N+](=O)[O-]. The van der Waals surface area contributed by atoms with Crippen LogP contribution in [0.15, 0.2) is 23.2 Å². The minimum absolute atomic E-state index is 0.0595. The molecule has 0 radical (unpaired) electrons. The van der Waals surface area contributed by atoms with Crippen molar-refractivity contribution in [3.05, 3.63) is 53.5 Å². The number of rotatable bonds is 3. The lowest BCUT2D eigenvalue weighted by atomic mass is 10.1. The van der Waals surface area contributed by atoms with Crippen LogP contribution in [0.2, 0.25) is 0 Å². The lowest BCUT2D eigenvalue weighted by Gasteiger charge is -2.03. The van der Waals surface area contributed by atoms with Gasteiger partial charge in [0.1, 0.15) is 0 Å². The van der Waals surface area contributed by atoms with Gasteiger partial charge in [0.05, 0.1) is 14.8 Å². The van der Waals surface area contributed by atoms with Crippen LogP contribution < -0.4 is 0 Å². The monoisotopic (exact) mass is 215 g/mol. The summed E-state index contributed by atoms with van der Waals surface area (Å²) in [5.74, 6) is 0. The summed E-state index contributed by atoms with van der Waals surface area (Å²) in [6.45, 7) is 0. The highest BCUT2D eigenvalue weighted by atomic mass is 16.6. The smallest absolute Gasteiger partial charge is 0.258 e. The fourth-order valence-corrected chi connectivity index (χ4v) is 1.25. The zero-order valence-corrected chi connectivity index (χ0v) is 7.28. The van der Waals surface area contributed by atoms with Gasteiger partial charge in [0, 0.05) is 12.5 Å². The average Bonchev–Trinajstić information content (AvgIpc) is 2.16. The van der Waals surface area contributed by atoms with Crippen molar-refractivity contribution in [3.63, 3.8) is 0 Å². The second-order valence-electron chi connectivity index (χ2n) is 2.69. The summed E-state index contributed by atoms with van der Waals surface area (Å²) in [6.07, 6.45) is 0.912. The van der Waals surface area contributed by atoms with Crippen LogP contribution in [-0.4, -0.2) is 14.8 Å². The Labute approximate surface area is 82.1 Å². The van der Waals surface area contributed by atoms with Crippen molar-refractivity contribution in [2.45, 2.75) is 12.8 Å². The van der Waals surface area contributed by atoms with Gasteiger partial charge in [0.2, 0.25) is 0 Å². The van der Waals surface area contributed by atoms with Crippen LogP contribution in [0.1, 0.15) is 12.8 Å². The Bertz CT molecular complexity index is 409. The predicted molar refractivity (Wildman–Crippen MR) is 45.3 cm³/mol. The first kappa shape index (κ1) is 10.8. The van der Waals surface area contributed by atoms with E-state index in [2.05, 4.69) is 0 Å². The second-order valence-corrected chi connectivity index (χ2v) is 2.69. The first-order valence-corrected chi connectivity index (χ1v) is 3.82. The van der Waals surface area contributed by atoms with E-state index in [4.69, 9.17) is 0 Å². The Hall–Kier alpha value is -2.32. The van der Waals surface area contributed by atoms with Crippen molar-refractivity contribution in [2.75, 3.05) is 0 Å². The Morgan fingerprint density at radius 3 is 2.00 bits per heavy atom. The number of hydrogen-bond donors (Lipinski definition) is 0. The Balaban J connectivity index is 3.33. The van der Waals surface area contributed by atoms with Gasteiger partial charge in [0.15, 0.2) is 0 Å². The van der Waals surface area contributed by atoms with E-state index in [0.717, 1.165) is 6.08 Å². The lowest BCUT2D eigenvalue weighted by molar-refractivity contribution is -0.503. The number of nitro groups is 3. The fourth-order valence-electron chi connectivity index (χ4n) is 1.25. The average molecular weight is 215 g/mol. The summed E-state index contributed by atoms with van der Waals surface area (Å²) in [5, 5.41) is 31.3. The predicted octanol–water partition coefficient (Wildman–Crippen LogP) is 0.706. The molecule has 0 amide bonds. The van der Waals surface area contributed by atoms with Gasteiger partial charge in [-0.3, -0.25) is 30.3 Å². The third-order valence-corrected chi connectivity index (χ3v) is 1.83. The Morgan fingerprint density at radius 2 is 1.60 bits per heavy atom. The molecule has 1 aliphatic rings. The van der Waals surface area contributed by atoms with Crippen molar-refractivity contribution in [2.24, 2.45) is 0 Å². The minimum Gasteiger partial charge on any atom is -0.258 e. The molecule has 0 aromatic carbocycles. The summed E-state index contributed by atoms with van der Waals surface area (Å²) in [7, 11) is 0. The molecule has 0 bridgehead atoms. The molecule has 0 N–H and O–H groups in total. The molecule has 1 aliphatic carbocycles. The number of hydrogen-bond acceptors (Lipinski definition) is 6. The maximum Gasteiger partial charge on any atom is 0.417 e. The van der Waals surface area contributed by atoms with E-state index in [0.29, 0.717) is 0 Å². The molecule has 0 heterocycles. The highest BCUT2D eigenvalue weighted by Crippen LogP contribution is 2.26. The Morgan fingerprint density at radius 1 is 1.00 bits per heavy atom. The zero-order valence-electron chi connectivity index (χ0n) is 7.28. The molecule has 0 unspecified atom stereocenters. The fraction of sp³-hybridized carbons (Fsp3) is 0.333. The van der Waals surface area contributed by atoms with Crippen LogP contribution in [0.4, 0.5) is 0 Å². The lowest BCUT2D eigenvalue weighted by Crippen LogP contribution is -2.18. The van der Waals surface area contributed by atoms with Gasteiger partial charge in [0.25, 0.3) is 0 Å². The van der Waals surface area contributed by atoms with Gasteiger partial charge in [-0.25, -0.2) is 0 Å². The maximum atomic E-state index is 10.5. The normalized spacial score (nSPS) is 15.9. The van der Waals surface area contributed by atoms with Gasteiger partial charge >= 0.3 is 17.1 Å². The van der Waals surface area contributed by atoms with Crippen molar-refractivity contribution in [1.29, 1.82) is 0 Å². The van der Waals surface area contributed by atoms with Crippen LogP contribution in [0.5, 0.6) is 0 Å². The van der Waals surface area contributed by atoms with Gasteiger partial charge in [-0.05, 0) is 6.42 Å². The van der Waals surface area contributed by atoms with Crippen LogP contribution in [-0.2, 0) is 0 Å². The second kappa shape index (κ2) is 3.82. The highest BCUT2D eigenvalue weighted by Gasteiger charge is 2.41. The summed E-state index contributed by atoms with van der Waals surface area (Å²) >= 11 is 0. The summed E-state index contributed by atoms with van der Waals surface area (Å²) in [4.78, 5) is 28.3. The van der Waals surface area contributed by atoms with E-state index >= 15 is 0 Å². The van der Waals surface area contributed by atoms with Crippen molar-refractivity contribution in [1.82, 2.24) is 0 Å². The summed E-state index contributed by atoms with van der Waals surface area (Å²) in [5.41, 5.74) is -2.54. The van der Waals surface area contributed by atoms with Gasteiger partial charge < -0.3 is 0 Å². The molecule has 15 heavy (non-hydrogen) atoms. The van der Waals surface area contributed by atoms with Gasteiger partial charge in [-0.2, -0.15) is 0 Å². The van der Waals surface area contributed by atoms with Crippen LogP contribution in [0.3, 0.4) is 0 Å². The molecule has 0 aromatic heterocycles. The Kier molecular flexibility index (Phi) is 2.74. The molecule has 1 rings (SSSR count). The van der Waals surface area contributed by atoms with Gasteiger partial charge in [-0.1, -0.05) is 0 Å². The largest absolute Gasteiger partial charge is 0.417 e. The summed E-state index contributed by atoms with van der Waals surface area (Å²) < 4.78 is 0. The number of allylic oxidation sites excluding steroid dienone is 2. The molecular weight excluding hydrogens is 210 g/mol. The molecule has 0 saturated carbocycles. The molecule has 80 valence electrons. The molecular formula is C6H5N3O6. The first-order chi connectivity index (χ1) is 6.95. The molecule has 0 saturated heterocycles. The van der Waals surface area contributed by atoms with Crippen LogP contribution in [0.25, 0.3) is 0 Å². The minimum atomic E-state index is -1.09. The van der Waals surface area contributed by atoms with Gasteiger partial charge in [-0.15, -0.1) is 0 Å². The summed E-state index contributed by atoms with van der Waals surface area (Å²) in [6, 6.07) is 0. The van der Waals surface area contributed by atoms with Crippen molar-refractivity contribution in [3.8, 4) is 0 Å². The van der Waals surface area contributed by atoms with Crippen LogP contribution >= 0.6 is 0 Å². The molecule has 0 atom stereocenters. The van der Waals surface area contributed by atoms with E-state index in [1.54, 1.807) is 0 Å². The maximum absolute atomic E-state index is 10.5. The molecule has 9 nitrogen and oxygen atoms in total. The van der Waals surface area contributed by atoms with E-state index in [1.807, 2.05) is 0 Å². The molecule has 0 aliphatic heterocycles. The molecule has 0 aromatic rings. The topological polar surface area (TPSA) is 129 Å². The first-order valence-electron chi connectivity index (χ1n) is 3.82.